The van der Waals surface area contributed by atoms with Crippen LogP contribution < -0.4 is 10.6 Å². The Morgan fingerprint density at radius 3 is 2.58 bits per heavy atom. The van der Waals surface area contributed by atoms with Gasteiger partial charge in [-0.3, -0.25) is 4.79 Å². The van der Waals surface area contributed by atoms with Crippen LogP contribution in [0.4, 0.5) is 0 Å². The molecule has 0 saturated carbocycles. The van der Waals surface area contributed by atoms with Crippen LogP contribution in [0.2, 0.25) is 0 Å². The molecule has 0 amide bonds. The van der Waals surface area contributed by atoms with Gasteiger partial charge in [-0.2, -0.15) is 0 Å². The summed E-state index contributed by atoms with van der Waals surface area (Å²) in [4.78, 5) is 12.6. The van der Waals surface area contributed by atoms with Crippen LogP contribution in [-0.2, 0) is 6.54 Å². The number of hydrogen-bond donors (Lipinski definition) is 1. The van der Waals surface area contributed by atoms with Gasteiger partial charge in [0.15, 0.2) is 0 Å². The number of aromatic nitrogens is 1. The summed E-state index contributed by atoms with van der Waals surface area (Å²) in [6.07, 6.45) is 0.872. The highest BCUT2D eigenvalue weighted by atomic mass is 32.1. The summed E-state index contributed by atoms with van der Waals surface area (Å²) < 4.78 is 1.80. The van der Waals surface area contributed by atoms with E-state index in [-0.39, 0.29) is 4.87 Å². The molecule has 0 fully saturated rings. The zero-order chi connectivity index (χ0) is 9.14. The smallest absolute Gasteiger partial charge is 0.307 e. The lowest BCUT2D eigenvalue weighted by Gasteiger charge is -2.02. The van der Waals surface area contributed by atoms with Crippen LogP contribution in [0, 0.1) is 13.8 Å². The molecule has 0 unspecified atom stereocenters. The van der Waals surface area contributed by atoms with Gasteiger partial charge in [-0.05, 0) is 26.8 Å². The van der Waals surface area contributed by atoms with Crippen LogP contribution in [0.15, 0.2) is 4.79 Å². The molecule has 0 aliphatic carbocycles. The number of rotatable bonds is 3. The Bertz CT molecular complexity index is 313. The van der Waals surface area contributed by atoms with E-state index < -0.39 is 0 Å². The van der Waals surface area contributed by atoms with Crippen molar-refractivity contribution in [3.8, 4) is 0 Å². The molecule has 3 nitrogen and oxygen atoms in total. The van der Waals surface area contributed by atoms with Gasteiger partial charge in [0.1, 0.15) is 0 Å². The molecule has 0 spiro atoms. The van der Waals surface area contributed by atoms with E-state index in [0.717, 1.165) is 23.5 Å². The number of thiazole rings is 1. The third kappa shape index (κ3) is 1.76. The number of nitrogens with two attached hydrogens (primary N) is 1. The third-order valence-electron chi connectivity index (χ3n) is 1.96. The average molecular weight is 186 g/mol. The number of nitrogens with zero attached hydrogens (tertiary/aromatic N) is 1. The maximum atomic E-state index is 11.3. The molecule has 1 rings (SSSR count). The lowest BCUT2D eigenvalue weighted by molar-refractivity contribution is 0.626. The van der Waals surface area contributed by atoms with Crippen molar-refractivity contribution >= 4 is 11.3 Å². The molecule has 2 N–H and O–H groups in total. The maximum Gasteiger partial charge on any atom is 0.307 e. The molecule has 4 heteroatoms. The van der Waals surface area contributed by atoms with Crippen molar-refractivity contribution in [3.05, 3.63) is 20.2 Å². The molecule has 0 aliphatic heterocycles. The molecule has 0 aromatic carbocycles. The monoisotopic (exact) mass is 186 g/mol. The molecule has 0 radical (unpaired) electrons. The van der Waals surface area contributed by atoms with Gasteiger partial charge in [0.05, 0.1) is 0 Å². The topological polar surface area (TPSA) is 48.0 Å². The highest BCUT2D eigenvalue weighted by Gasteiger charge is 2.05. The van der Waals surface area contributed by atoms with Gasteiger partial charge in [0, 0.05) is 17.1 Å². The molecule has 12 heavy (non-hydrogen) atoms. The SMILES string of the molecule is Cc1sc(=O)n(CCCN)c1C. The van der Waals surface area contributed by atoms with Crippen molar-refractivity contribution < 1.29 is 0 Å². The van der Waals surface area contributed by atoms with Crippen molar-refractivity contribution in [2.24, 2.45) is 5.73 Å². The molecule has 0 saturated heterocycles. The van der Waals surface area contributed by atoms with Crippen LogP contribution in [-0.4, -0.2) is 11.1 Å². The maximum absolute atomic E-state index is 11.3. The Labute approximate surface area is 75.8 Å². The van der Waals surface area contributed by atoms with Gasteiger partial charge in [-0.25, -0.2) is 0 Å². The van der Waals surface area contributed by atoms with Gasteiger partial charge >= 0.3 is 4.87 Å². The molecule has 68 valence electrons. The van der Waals surface area contributed by atoms with Crippen molar-refractivity contribution in [2.45, 2.75) is 26.8 Å². The van der Waals surface area contributed by atoms with E-state index in [4.69, 9.17) is 5.73 Å². The van der Waals surface area contributed by atoms with E-state index in [1.54, 1.807) is 4.57 Å². The highest BCUT2D eigenvalue weighted by Crippen LogP contribution is 2.09. The third-order valence-corrected chi connectivity index (χ3v) is 2.96. The predicted molar refractivity (Wildman–Crippen MR) is 51.7 cm³/mol. The van der Waals surface area contributed by atoms with E-state index in [1.807, 2.05) is 13.8 Å². The normalized spacial score (nSPS) is 10.6. The van der Waals surface area contributed by atoms with Crippen LogP contribution in [0.25, 0.3) is 0 Å². The molecule has 1 aromatic rings. The largest absolute Gasteiger partial charge is 0.330 e. The first-order valence-electron chi connectivity index (χ1n) is 4.03. The second-order valence-corrected chi connectivity index (χ2v) is 3.97. The Balaban J connectivity index is 2.90. The zero-order valence-electron chi connectivity index (χ0n) is 7.46. The van der Waals surface area contributed by atoms with E-state index in [1.165, 1.54) is 11.3 Å². The summed E-state index contributed by atoms with van der Waals surface area (Å²) >= 11 is 1.31. The standard InChI is InChI=1S/C8H14N2OS/c1-6-7(2)12-8(11)10(6)5-3-4-9/h3-5,9H2,1-2H3. The quantitative estimate of drug-likeness (QED) is 0.761. The minimum Gasteiger partial charge on any atom is -0.330 e. The van der Waals surface area contributed by atoms with Crippen molar-refractivity contribution in [2.75, 3.05) is 6.54 Å². The fourth-order valence-electron chi connectivity index (χ4n) is 1.10. The average Bonchev–Trinajstić information content (AvgIpc) is 2.25. The van der Waals surface area contributed by atoms with Crippen LogP contribution in [0.3, 0.4) is 0 Å². The fourth-order valence-corrected chi connectivity index (χ4v) is 1.95. The highest BCUT2D eigenvalue weighted by molar-refractivity contribution is 7.09. The summed E-state index contributed by atoms with van der Waals surface area (Å²) in [7, 11) is 0. The van der Waals surface area contributed by atoms with Crippen LogP contribution in [0.5, 0.6) is 0 Å². The van der Waals surface area contributed by atoms with Gasteiger partial charge in [-0.15, -0.1) is 0 Å². The van der Waals surface area contributed by atoms with Gasteiger partial charge in [0.2, 0.25) is 0 Å². The molecule has 0 bridgehead atoms. The summed E-state index contributed by atoms with van der Waals surface area (Å²) in [5.74, 6) is 0. The minimum atomic E-state index is 0.137. The van der Waals surface area contributed by atoms with Gasteiger partial charge in [0.25, 0.3) is 0 Å². The minimum absolute atomic E-state index is 0.137. The molecule has 0 aliphatic rings. The fraction of sp³-hybridized carbons (Fsp3) is 0.625. The van der Waals surface area contributed by atoms with E-state index in [9.17, 15) is 4.79 Å². The summed E-state index contributed by atoms with van der Waals surface area (Å²) in [6.45, 7) is 5.34. The summed E-state index contributed by atoms with van der Waals surface area (Å²) in [6, 6.07) is 0. The molecule has 0 atom stereocenters. The van der Waals surface area contributed by atoms with Crippen LogP contribution in [0.1, 0.15) is 17.0 Å². The lowest BCUT2D eigenvalue weighted by Crippen LogP contribution is -2.16. The van der Waals surface area contributed by atoms with E-state index in [2.05, 4.69) is 0 Å². The van der Waals surface area contributed by atoms with Crippen molar-refractivity contribution in [1.29, 1.82) is 0 Å². The second-order valence-electron chi connectivity index (χ2n) is 2.80. The van der Waals surface area contributed by atoms with E-state index >= 15 is 0 Å². The Morgan fingerprint density at radius 2 is 2.17 bits per heavy atom. The lowest BCUT2D eigenvalue weighted by atomic mass is 10.3. The first-order valence-corrected chi connectivity index (χ1v) is 4.85. The Kier molecular flexibility index (Phi) is 3.05. The summed E-state index contributed by atoms with van der Waals surface area (Å²) in [5.41, 5.74) is 6.45. The molecular weight excluding hydrogens is 172 g/mol. The molecule has 1 aromatic heterocycles. The molecular formula is C8H14N2OS. The number of hydrogen-bond acceptors (Lipinski definition) is 3. The zero-order valence-corrected chi connectivity index (χ0v) is 8.28. The molecule has 1 heterocycles. The first-order chi connectivity index (χ1) is 5.66. The van der Waals surface area contributed by atoms with Crippen molar-refractivity contribution in [1.82, 2.24) is 4.57 Å². The first kappa shape index (κ1) is 9.48. The van der Waals surface area contributed by atoms with Crippen LogP contribution >= 0.6 is 11.3 Å². The predicted octanol–water partition coefficient (Wildman–Crippen LogP) is 0.875. The van der Waals surface area contributed by atoms with E-state index in [0.29, 0.717) is 6.54 Å². The second kappa shape index (κ2) is 3.87. The number of aryl methyl sites for hydroxylation is 1. The Hall–Kier alpha value is -0.610. The summed E-state index contributed by atoms with van der Waals surface area (Å²) in [5, 5.41) is 0. The Morgan fingerprint density at radius 1 is 1.50 bits per heavy atom. The van der Waals surface area contributed by atoms with Crippen molar-refractivity contribution in [3.63, 3.8) is 0 Å². The van der Waals surface area contributed by atoms with Gasteiger partial charge < -0.3 is 10.3 Å². The van der Waals surface area contributed by atoms with Gasteiger partial charge in [-0.1, -0.05) is 11.3 Å².